The highest BCUT2D eigenvalue weighted by Crippen LogP contribution is 2.41. The van der Waals surface area contributed by atoms with Crippen molar-refractivity contribution in [1.82, 2.24) is 0 Å². The molecule has 2 aromatic rings. The molecule has 0 amide bonds. The first kappa shape index (κ1) is 16.6. The Balaban J connectivity index is 0.00000156. The zero-order valence-corrected chi connectivity index (χ0v) is 14.7. The minimum Gasteiger partial charge on any atom is -1.00 e. The van der Waals surface area contributed by atoms with Gasteiger partial charge >= 0.3 is 0 Å². The Hall–Kier alpha value is -1.22. The number of phenolic OH excluding ortho intramolecular Hbond substituents is 1. The number of nitrogens with one attached hydrogen (secondary N) is 1. The van der Waals surface area contributed by atoms with Gasteiger partial charge in [0.05, 0.1) is 30.6 Å². The van der Waals surface area contributed by atoms with Crippen molar-refractivity contribution in [3.8, 4) is 5.75 Å². The fourth-order valence-electron chi connectivity index (χ4n) is 4.32. The molecule has 0 aromatic heterocycles. The summed E-state index contributed by atoms with van der Waals surface area (Å²) in [7, 11) is 2.30. The maximum absolute atomic E-state index is 10.1. The number of halogens is 2. The second kappa shape index (κ2) is 6.35. The average molecular weight is 350 g/mol. The molecule has 0 spiro atoms. The van der Waals surface area contributed by atoms with Gasteiger partial charge in [-0.15, -0.1) is 0 Å². The third-order valence-electron chi connectivity index (χ3n) is 5.48. The van der Waals surface area contributed by atoms with Gasteiger partial charge in [0.1, 0.15) is 5.75 Å². The van der Waals surface area contributed by atoms with Crippen molar-refractivity contribution in [2.24, 2.45) is 0 Å². The fourth-order valence-corrected chi connectivity index (χ4v) is 4.50. The van der Waals surface area contributed by atoms with Gasteiger partial charge in [-0.1, -0.05) is 35.9 Å². The highest BCUT2D eigenvalue weighted by atomic mass is 35.5. The van der Waals surface area contributed by atoms with Crippen LogP contribution in [0.25, 0.3) is 0 Å². The third-order valence-corrected chi connectivity index (χ3v) is 5.79. The maximum Gasteiger partial charge on any atom is 0.134 e. The molecular formula is C19H21Cl2NO. The van der Waals surface area contributed by atoms with Crippen molar-refractivity contribution in [3.05, 3.63) is 63.7 Å². The fraction of sp³-hybridized carbons (Fsp3) is 0.368. The summed E-state index contributed by atoms with van der Waals surface area (Å²) < 4.78 is 0. The van der Waals surface area contributed by atoms with Gasteiger partial charge in [0, 0.05) is 12.8 Å². The van der Waals surface area contributed by atoms with Gasteiger partial charge in [-0.2, -0.15) is 0 Å². The van der Waals surface area contributed by atoms with E-state index in [2.05, 4.69) is 31.3 Å². The number of likely N-dealkylation sites (N-methyl/N-ethyl adjacent to an activating group) is 1. The van der Waals surface area contributed by atoms with E-state index >= 15 is 0 Å². The normalized spacial score (nSPS) is 25.4. The van der Waals surface area contributed by atoms with Gasteiger partial charge in [-0.25, -0.2) is 0 Å². The molecule has 1 unspecified atom stereocenters. The Bertz CT molecular complexity index is 731. The molecule has 4 rings (SSSR count). The number of hydrogen-bond donors (Lipinski definition) is 2. The van der Waals surface area contributed by atoms with Crippen LogP contribution in [0.15, 0.2) is 36.4 Å². The van der Waals surface area contributed by atoms with E-state index in [0.29, 0.717) is 17.0 Å². The van der Waals surface area contributed by atoms with Crippen LogP contribution in [0, 0.1) is 0 Å². The van der Waals surface area contributed by atoms with Crippen LogP contribution in [-0.4, -0.2) is 24.7 Å². The average Bonchev–Trinajstić information content (AvgIpc) is 2.66. The molecule has 0 saturated carbocycles. The molecule has 2 aliphatic rings. The SMILES string of the molecule is C[NH+]1CCc2cc(Cl)c(O)cc2[C@H]2c3ccccc3CC[C@@H]21.[Cl-]. The van der Waals surface area contributed by atoms with Gasteiger partial charge in [0.2, 0.25) is 0 Å². The van der Waals surface area contributed by atoms with E-state index < -0.39 is 0 Å². The Morgan fingerprint density at radius 2 is 1.87 bits per heavy atom. The first-order valence-electron chi connectivity index (χ1n) is 8.06. The van der Waals surface area contributed by atoms with Crippen molar-refractivity contribution in [2.75, 3.05) is 13.6 Å². The Morgan fingerprint density at radius 1 is 1.09 bits per heavy atom. The van der Waals surface area contributed by atoms with E-state index in [1.807, 2.05) is 12.1 Å². The Kier molecular flexibility index (Phi) is 4.59. The number of aromatic hydroxyl groups is 1. The van der Waals surface area contributed by atoms with Gasteiger partial charge < -0.3 is 22.4 Å². The number of aryl methyl sites for hydroxylation is 1. The first-order chi connectivity index (χ1) is 10.6. The lowest BCUT2D eigenvalue weighted by Crippen LogP contribution is -3.13. The summed E-state index contributed by atoms with van der Waals surface area (Å²) in [5.74, 6) is 0.576. The summed E-state index contributed by atoms with van der Waals surface area (Å²) in [5.41, 5.74) is 5.46. The van der Waals surface area contributed by atoms with Crippen LogP contribution in [0.1, 0.15) is 34.6 Å². The molecule has 122 valence electrons. The predicted octanol–water partition coefficient (Wildman–Crippen LogP) is -0.433. The topological polar surface area (TPSA) is 24.7 Å². The first-order valence-corrected chi connectivity index (χ1v) is 8.44. The number of quaternary nitrogens is 1. The molecule has 2 aromatic carbocycles. The number of rotatable bonds is 0. The van der Waals surface area contributed by atoms with E-state index in [9.17, 15) is 5.11 Å². The van der Waals surface area contributed by atoms with Gasteiger partial charge in [-0.05, 0) is 40.8 Å². The van der Waals surface area contributed by atoms with Crippen LogP contribution < -0.4 is 17.3 Å². The van der Waals surface area contributed by atoms with E-state index in [1.165, 1.54) is 28.7 Å². The highest BCUT2D eigenvalue weighted by Gasteiger charge is 2.39. The molecule has 1 aliphatic carbocycles. The smallest absolute Gasteiger partial charge is 0.134 e. The molecule has 1 heterocycles. The summed E-state index contributed by atoms with van der Waals surface area (Å²) in [4.78, 5) is 1.59. The van der Waals surface area contributed by atoms with E-state index in [4.69, 9.17) is 11.6 Å². The van der Waals surface area contributed by atoms with Crippen LogP contribution in [0.5, 0.6) is 5.75 Å². The lowest BCUT2D eigenvalue weighted by atomic mass is 9.74. The second-order valence-electron chi connectivity index (χ2n) is 6.67. The zero-order chi connectivity index (χ0) is 15.3. The minimum atomic E-state index is 0. The van der Waals surface area contributed by atoms with Crippen molar-refractivity contribution >= 4 is 11.6 Å². The lowest BCUT2D eigenvalue weighted by Gasteiger charge is -2.35. The number of hydrogen-bond acceptors (Lipinski definition) is 1. The molecule has 0 fully saturated rings. The van der Waals surface area contributed by atoms with Gasteiger partial charge in [-0.3, -0.25) is 0 Å². The molecule has 0 radical (unpaired) electrons. The Morgan fingerprint density at radius 3 is 2.70 bits per heavy atom. The van der Waals surface area contributed by atoms with Crippen LogP contribution >= 0.6 is 11.6 Å². The second-order valence-corrected chi connectivity index (χ2v) is 7.08. The summed E-state index contributed by atoms with van der Waals surface area (Å²) in [6.45, 7) is 1.12. The molecule has 23 heavy (non-hydrogen) atoms. The molecule has 0 saturated heterocycles. The van der Waals surface area contributed by atoms with Crippen LogP contribution in [-0.2, 0) is 12.8 Å². The number of fused-ring (bicyclic) bond motifs is 5. The van der Waals surface area contributed by atoms with E-state index in [-0.39, 0.29) is 18.2 Å². The van der Waals surface area contributed by atoms with Crippen LogP contribution in [0.4, 0.5) is 0 Å². The molecule has 1 aliphatic heterocycles. The molecule has 2 nitrogen and oxygen atoms in total. The zero-order valence-electron chi connectivity index (χ0n) is 13.2. The van der Waals surface area contributed by atoms with Crippen molar-refractivity contribution in [3.63, 3.8) is 0 Å². The van der Waals surface area contributed by atoms with Crippen molar-refractivity contribution in [2.45, 2.75) is 31.2 Å². The third kappa shape index (κ3) is 2.73. The summed E-state index contributed by atoms with van der Waals surface area (Å²) in [6, 6.07) is 13.2. The maximum atomic E-state index is 10.1. The standard InChI is InChI=1S/C19H20ClNO.ClH/c1-21-9-8-13-10-16(20)18(22)11-15(13)19-14-5-3-2-4-12(14)6-7-17(19)21;/h2-5,10-11,17,19,22H,6-9H2,1H3;1H/t17-,19+;/m0./s1. The van der Waals surface area contributed by atoms with E-state index in [1.54, 1.807) is 4.90 Å². The Labute approximate surface area is 148 Å². The predicted molar refractivity (Wildman–Crippen MR) is 89.0 cm³/mol. The van der Waals surface area contributed by atoms with Crippen molar-refractivity contribution in [1.29, 1.82) is 0 Å². The summed E-state index contributed by atoms with van der Waals surface area (Å²) >= 11 is 6.15. The van der Waals surface area contributed by atoms with Gasteiger partial charge in [0.15, 0.2) is 0 Å². The number of phenols is 1. The van der Waals surface area contributed by atoms with E-state index in [0.717, 1.165) is 19.4 Å². The minimum absolute atomic E-state index is 0. The molecule has 2 N–H and O–H groups in total. The van der Waals surface area contributed by atoms with Gasteiger partial charge in [0.25, 0.3) is 0 Å². The highest BCUT2D eigenvalue weighted by molar-refractivity contribution is 6.32. The van der Waals surface area contributed by atoms with Crippen LogP contribution in [0.2, 0.25) is 5.02 Å². The monoisotopic (exact) mass is 349 g/mol. The van der Waals surface area contributed by atoms with Crippen LogP contribution in [0.3, 0.4) is 0 Å². The largest absolute Gasteiger partial charge is 1.00 e. The molecule has 4 heteroatoms. The summed E-state index contributed by atoms with van der Waals surface area (Å²) in [5, 5.41) is 10.6. The lowest BCUT2D eigenvalue weighted by molar-refractivity contribution is -0.907. The van der Waals surface area contributed by atoms with Crippen molar-refractivity contribution < 1.29 is 22.4 Å². The number of benzene rings is 2. The molecule has 0 bridgehead atoms. The molecular weight excluding hydrogens is 329 g/mol. The quantitative estimate of drug-likeness (QED) is 0.662. The molecule has 3 atom stereocenters. The summed E-state index contributed by atoms with van der Waals surface area (Å²) in [6.07, 6.45) is 3.39.